The minimum Gasteiger partial charge on any atom is -0.369 e. The first kappa shape index (κ1) is 15.1. The molecule has 102 valence electrons. The van der Waals surface area contributed by atoms with Gasteiger partial charge in [-0.05, 0) is 25.3 Å². The van der Waals surface area contributed by atoms with E-state index in [-0.39, 0.29) is 24.1 Å². The lowest BCUT2D eigenvalue weighted by molar-refractivity contribution is -0.0410. The van der Waals surface area contributed by atoms with E-state index in [1.807, 2.05) is 19.9 Å². The smallest absolute Gasteiger partial charge is 0.129 e. The number of rotatable bonds is 6. The molecule has 0 saturated carbocycles. The minimum absolute atomic E-state index is 0.0483. The lowest BCUT2D eigenvalue weighted by atomic mass is 9.99. The van der Waals surface area contributed by atoms with Crippen molar-refractivity contribution in [2.45, 2.75) is 52.4 Å². The molecule has 0 heterocycles. The zero-order chi connectivity index (χ0) is 13.7. The van der Waals surface area contributed by atoms with Crippen molar-refractivity contribution in [2.24, 2.45) is 11.7 Å². The van der Waals surface area contributed by atoms with Crippen molar-refractivity contribution in [1.82, 2.24) is 0 Å². The summed E-state index contributed by atoms with van der Waals surface area (Å²) in [7, 11) is 0. The molecular formula is C15H24FNO. The Bertz CT molecular complexity index is 367. The molecule has 0 spiro atoms. The lowest BCUT2D eigenvalue weighted by Crippen LogP contribution is -2.33. The van der Waals surface area contributed by atoms with Gasteiger partial charge in [0, 0.05) is 11.6 Å². The molecular weight excluding hydrogens is 229 g/mol. The van der Waals surface area contributed by atoms with Crippen molar-refractivity contribution < 1.29 is 9.13 Å². The summed E-state index contributed by atoms with van der Waals surface area (Å²) in [5.74, 6) is 0.130. The molecule has 1 aromatic rings. The first-order valence-electron chi connectivity index (χ1n) is 6.62. The van der Waals surface area contributed by atoms with Crippen molar-refractivity contribution in [3.63, 3.8) is 0 Å². The summed E-state index contributed by atoms with van der Waals surface area (Å²) in [5, 5.41) is 0. The summed E-state index contributed by atoms with van der Waals surface area (Å²) in [4.78, 5) is 0. The number of nitrogens with two attached hydrogens (primary N) is 1. The predicted octanol–water partition coefficient (Wildman–Crippen LogP) is 3.67. The minimum atomic E-state index is -0.381. The van der Waals surface area contributed by atoms with Gasteiger partial charge >= 0.3 is 0 Å². The van der Waals surface area contributed by atoms with E-state index in [0.717, 1.165) is 6.42 Å². The summed E-state index contributed by atoms with van der Waals surface area (Å²) < 4.78 is 19.8. The van der Waals surface area contributed by atoms with Gasteiger partial charge in [-0.1, -0.05) is 39.0 Å². The third-order valence-electron chi connectivity index (χ3n) is 3.37. The van der Waals surface area contributed by atoms with Crippen LogP contribution in [0.5, 0.6) is 0 Å². The second kappa shape index (κ2) is 6.86. The molecule has 0 aromatic heterocycles. The largest absolute Gasteiger partial charge is 0.369 e. The van der Waals surface area contributed by atoms with E-state index in [0.29, 0.717) is 11.5 Å². The fourth-order valence-corrected chi connectivity index (χ4v) is 1.71. The van der Waals surface area contributed by atoms with Gasteiger partial charge in [0.15, 0.2) is 0 Å². The second-order valence-electron chi connectivity index (χ2n) is 5.10. The van der Waals surface area contributed by atoms with Gasteiger partial charge in [0.25, 0.3) is 0 Å². The standard InChI is InChI=1S/C15H24FNO/c1-5-14(17)15(18-11(4)10(2)3)12-8-6-7-9-13(12)16/h6-11,14-15H,5,17H2,1-4H3. The molecule has 0 aliphatic rings. The Labute approximate surface area is 109 Å². The number of hydrogen-bond acceptors (Lipinski definition) is 2. The predicted molar refractivity (Wildman–Crippen MR) is 72.8 cm³/mol. The number of hydrogen-bond donors (Lipinski definition) is 1. The quantitative estimate of drug-likeness (QED) is 0.839. The van der Waals surface area contributed by atoms with E-state index in [9.17, 15) is 4.39 Å². The lowest BCUT2D eigenvalue weighted by Gasteiger charge is -2.29. The molecule has 0 aliphatic heterocycles. The summed E-state index contributed by atoms with van der Waals surface area (Å²) in [5.41, 5.74) is 6.63. The molecule has 1 aromatic carbocycles. The van der Waals surface area contributed by atoms with Crippen LogP contribution in [-0.2, 0) is 4.74 Å². The fraction of sp³-hybridized carbons (Fsp3) is 0.600. The first-order chi connectivity index (χ1) is 8.47. The molecule has 2 nitrogen and oxygen atoms in total. The molecule has 0 bridgehead atoms. The molecule has 2 N–H and O–H groups in total. The Kier molecular flexibility index (Phi) is 5.76. The molecule has 0 aliphatic carbocycles. The summed E-state index contributed by atoms with van der Waals surface area (Å²) >= 11 is 0. The Hall–Kier alpha value is -0.930. The van der Waals surface area contributed by atoms with Crippen LogP contribution in [0.4, 0.5) is 4.39 Å². The van der Waals surface area contributed by atoms with E-state index in [1.165, 1.54) is 6.07 Å². The molecule has 0 amide bonds. The fourth-order valence-electron chi connectivity index (χ4n) is 1.71. The third-order valence-corrected chi connectivity index (χ3v) is 3.37. The Morgan fingerprint density at radius 1 is 1.22 bits per heavy atom. The number of halogens is 1. The van der Waals surface area contributed by atoms with E-state index < -0.39 is 0 Å². The van der Waals surface area contributed by atoms with Crippen LogP contribution in [0.3, 0.4) is 0 Å². The zero-order valence-electron chi connectivity index (χ0n) is 11.7. The van der Waals surface area contributed by atoms with E-state index in [4.69, 9.17) is 10.5 Å². The SMILES string of the molecule is CCC(N)C(OC(C)C(C)C)c1ccccc1F. The highest BCUT2D eigenvalue weighted by molar-refractivity contribution is 5.21. The first-order valence-corrected chi connectivity index (χ1v) is 6.62. The average Bonchev–Trinajstić information content (AvgIpc) is 2.35. The average molecular weight is 253 g/mol. The van der Waals surface area contributed by atoms with Crippen molar-refractivity contribution in [3.05, 3.63) is 35.6 Å². The maximum atomic E-state index is 13.9. The maximum absolute atomic E-state index is 13.9. The van der Waals surface area contributed by atoms with Crippen LogP contribution in [0.15, 0.2) is 24.3 Å². The summed E-state index contributed by atoms with van der Waals surface area (Å²) in [6.07, 6.45) is 0.421. The van der Waals surface area contributed by atoms with Crippen LogP contribution in [0, 0.1) is 11.7 Å². The Morgan fingerprint density at radius 3 is 2.33 bits per heavy atom. The highest BCUT2D eigenvalue weighted by Gasteiger charge is 2.25. The monoisotopic (exact) mass is 253 g/mol. The van der Waals surface area contributed by atoms with Gasteiger partial charge in [-0.25, -0.2) is 4.39 Å². The number of ether oxygens (including phenoxy) is 1. The van der Waals surface area contributed by atoms with Gasteiger partial charge < -0.3 is 10.5 Å². The van der Waals surface area contributed by atoms with E-state index in [1.54, 1.807) is 12.1 Å². The second-order valence-corrected chi connectivity index (χ2v) is 5.10. The van der Waals surface area contributed by atoms with Crippen molar-refractivity contribution in [3.8, 4) is 0 Å². The molecule has 0 fully saturated rings. The van der Waals surface area contributed by atoms with Gasteiger partial charge in [-0.2, -0.15) is 0 Å². The zero-order valence-corrected chi connectivity index (χ0v) is 11.7. The van der Waals surface area contributed by atoms with Crippen molar-refractivity contribution in [1.29, 1.82) is 0 Å². The molecule has 3 heteroatoms. The van der Waals surface area contributed by atoms with Crippen LogP contribution in [-0.4, -0.2) is 12.1 Å². The van der Waals surface area contributed by atoms with Crippen LogP contribution in [0.2, 0.25) is 0 Å². The van der Waals surface area contributed by atoms with Gasteiger partial charge in [0.1, 0.15) is 11.9 Å². The van der Waals surface area contributed by atoms with Crippen LogP contribution < -0.4 is 5.73 Å². The molecule has 18 heavy (non-hydrogen) atoms. The third kappa shape index (κ3) is 3.79. The van der Waals surface area contributed by atoms with Gasteiger partial charge in [-0.3, -0.25) is 0 Å². The topological polar surface area (TPSA) is 35.2 Å². The highest BCUT2D eigenvalue weighted by Crippen LogP contribution is 2.27. The van der Waals surface area contributed by atoms with Gasteiger partial charge in [0.05, 0.1) is 6.10 Å². The highest BCUT2D eigenvalue weighted by atomic mass is 19.1. The normalized spacial score (nSPS) is 16.6. The molecule has 0 radical (unpaired) electrons. The number of benzene rings is 1. The maximum Gasteiger partial charge on any atom is 0.129 e. The van der Waals surface area contributed by atoms with Gasteiger partial charge in [0.2, 0.25) is 0 Å². The Morgan fingerprint density at radius 2 is 1.83 bits per heavy atom. The molecule has 1 rings (SSSR count). The molecule has 0 saturated heterocycles. The molecule has 3 unspecified atom stereocenters. The van der Waals surface area contributed by atoms with Crippen LogP contribution in [0.1, 0.15) is 45.8 Å². The van der Waals surface area contributed by atoms with E-state index in [2.05, 4.69) is 13.8 Å². The van der Waals surface area contributed by atoms with Crippen LogP contribution >= 0.6 is 0 Å². The van der Waals surface area contributed by atoms with Crippen molar-refractivity contribution in [2.75, 3.05) is 0 Å². The summed E-state index contributed by atoms with van der Waals surface area (Å²) in [6.45, 7) is 8.16. The molecule has 3 atom stereocenters. The van der Waals surface area contributed by atoms with Crippen LogP contribution in [0.25, 0.3) is 0 Å². The summed E-state index contributed by atoms with van der Waals surface area (Å²) in [6, 6.07) is 6.51. The van der Waals surface area contributed by atoms with Gasteiger partial charge in [-0.15, -0.1) is 0 Å². The van der Waals surface area contributed by atoms with Crippen molar-refractivity contribution >= 4 is 0 Å². The van der Waals surface area contributed by atoms with E-state index >= 15 is 0 Å². The Balaban J connectivity index is 2.95.